The molecule has 0 aliphatic rings. The fourth-order valence-electron chi connectivity index (χ4n) is 2.08. The van der Waals surface area contributed by atoms with Crippen LogP contribution in [0.3, 0.4) is 0 Å². The first-order valence-electron chi connectivity index (χ1n) is 6.95. The molecule has 2 aromatic rings. The molecule has 0 aliphatic carbocycles. The monoisotopic (exact) mass is 312 g/mol. The second-order valence-corrected chi connectivity index (χ2v) is 5.00. The van der Waals surface area contributed by atoms with Crippen molar-refractivity contribution in [1.82, 2.24) is 4.57 Å². The largest absolute Gasteiger partial charge is 0.493 e. The van der Waals surface area contributed by atoms with Gasteiger partial charge >= 0.3 is 0 Å². The van der Waals surface area contributed by atoms with Gasteiger partial charge in [0.2, 0.25) is 5.88 Å². The van der Waals surface area contributed by atoms with Crippen molar-refractivity contribution >= 4 is 11.4 Å². The Balaban J connectivity index is 2.58. The van der Waals surface area contributed by atoms with Crippen molar-refractivity contribution in [2.45, 2.75) is 20.4 Å². The van der Waals surface area contributed by atoms with Gasteiger partial charge in [-0.15, -0.1) is 5.11 Å². The van der Waals surface area contributed by atoms with Crippen LogP contribution in [0, 0.1) is 25.2 Å². The Kier molecular flexibility index (Phi) is 4.88. The second-order valence-electron chi connectivity index (χ2n) is 5.00. The van der Waals surface area contributed by atoms with Gasteiger partial charge in [-0.05, 0) is 26.0 Å². The van der Waals surface area contributed by atoms with Crippen molar-refractivity contribution in [2.24, 2.45) is 10.2 Å². The molecule has 0 saturated heterocycles. The van der Waals surface area contributed by atoms with Gasteiger partial charge in [0.15, 0.2) is 5.69 Å². The minimum Gasteiger partial charge on any atom is -0.493 e. The van der Waals surface area contributed by atoms with Gasteiger partial charge in [0.1, 0.15) is 11.6 Å². The SMILES string of the molecule is Cc1ccc(N=Nc2c(C)c(C#N)c(O)n(CCO)c2=O)cc1. The Morgan fingerprint density at radius 1 is 1.22 bits per heavy atom. The summed E-state index contributed by atoms with van der Waals surface area (Å²) in [5.74, 6) is -0.474. The average molecular weight is 312 g/mol. The van der Waals surface area contributed by atoms with Gasteiger partial charge in [-0.2, -0.15) is 10.4 Å². The second kappa shape index (κ2) is 6.85. The molecule has 7 heteroatoms. The lowest BCUT2D eigenvalue weighted by molar-refractivity contribution is 0.263. The van der Waals surface area contributed by atoms with Crippen LogP contribution in [0.1, 0.15) is 16.7 Å². The Morgan fingerprint density at radius 2 is 1.87 bits per heavy atom. The number of aromatic nitrogens is 1. The molecule has 118 valence electrons. The molecule has 23 heavy (non-hydrogen) atoms. The quantitative estimate of drug-likeness (QED) is 0.844. The van der Waals surface area contributed by atoms with E-state index >= 15 is 0 Å². The van der Waals surface area contributed by atoms with Gasteiger partial charge in [-0.25, -0.2) is 0 Å². The zero-order chi connectivity index (χ0) is 17.0. The van der Waals surface area contributed by atoms with Gasteiger partial charge in [-0.1, -0.05) is 17.7 Å². The fraction of sp³-hybridized carbons (Fsp3) is 0.250. The number of pyridine rings is 1. The number of rotatable bonds is 4. The molecule has 1 heterocycles. The van der Waals surface area contributed by atoms with Gasteiger partial charge in [0.05, 0.1) is 18.8 Å². The summed E-state index contributed by atoms with van der Waals surface area (Å²) in [6.07, 6.45) is 0. The first-order chi connectivity index (χ1) is 11.0. The van der Waals surface area contributed by atoms with Gasteiger partial charge in [-0.3, -0.25) is 9.36 Å². The molecule has 0 unspecified atom stereocenters. The van der Waals surface area contributed by atoms with E-state index < -0.39 is 11.4 Å². The number of nitriles is 1. The van der Waals surface area contributed by atoms with Crippen molar-refractivity contribution < 1.29 is 10.2 Å². The van der Waals surface area contributed by atoms with Crippen molar-refractivity contribution in [3.63, 3.8) is 0 Å². The summed E-state index contributed by atoms with van der Waals surface area (Å²) in [7, 11) is 0. The maximum absolute atomic E-state index is 12.4. The summed E-state index contributed by atoms with van der Waals surface area (Å²) in [6, 6.07) is 9.08. The summed E-state index contributed by atoms with van der Waals surface area (Å²) in [4.78, 5) is 12.4. The highest BCUT2D eigenvalue weighted by atomic mass is 16.3. The van der Waals surface area contributed by atoms with Crippen LogP contribution in [-0.2, 0) is 6.54 Å². The van der Waals surface area contributed by atoms with E-state index in [0.717, 1.165) is 10.1 Å². The number of nitrogens with zero attached hydrogens (tertiary/aromatic N) is 4. The highest BCUT2D eigenvalue weighted by Gasteiger charge is 2.18. The van der Waals surface area contributed by atoms with E-state index in [1.165, 1.54) is 6.92 Å². The maximum Gasteiger partial charge on any atom is 0.281 e. The summed E-state index contributed by atoms with van der Waals surface area (Å²) in [5, 5.41) is 36.1. The van der Waals surface area contributed by atoms with Crippen LogP contribution in [0.15, 0.2) is 39.3 Å². The summed E-state index contributed by atoms with van der Waals surface area (Å²) in [6.45, 7) is 2.98. The lowest BCUT2D eigenvalue weighted by Gasteiger charge is -2.11. The molecule has 0 atom stereocenters. The van der Waals surface area contributed by atoms with Crippen LogP contribution >= 0.6 is 0 Å². The number of aliphatic hydroxyl groups is 1. The predicted octanol–water partition coefficient (Wildman–Crippen LogP) is 2.45. The van der Waals surface area contributed by atoms with Gasteiger partial charge in [0, 0.05) is 5.56 Å². The molecule has 0 aliphatic heterocycles. The Morgan fingerprint density at radius 3 is 2.43 bits per heavy atom. The van der Waals surface area contributed by atoms with E-state index in [2.05, 4.69) is 10.2 Å². The summed E-state index contributed by atoms with van der Waals surface area (Å²) < 4.78 is 0.912. The molecule has 1 aromatic heterocycles. The number of aromatic hydroxyl groups is 1. The number of azo groups is 1. The van der Waals surface area contributed by atoms with E-state index in [0.29, 0.717) is 5.69 Å². The molecule has 1 aromatic carbocycles. The first-order valence-corrected chi connectivity index (χ1v) is 6.95. The Hall–Kier alpha value is -2.98. The fourth-order valence-corrected chi connectivity index (χ4v) is 2.08. The molecule has 2 rings (SSSR count). The Labute approximate surface area is 132 Å². The van der Waals surface area contributed by atoms with Crippen LogP contribution in [-0.4, -0.2) is 21.4 Å². The smallest absolute Gasteiger partial charge is 0.281 e. The standard InChI is InChI=1S/C16H16N4O3/c1-10-3-5-12(6-4-10)18-19-14-11(2)13(9-17)15(22)20(7-8-21)16(14)23/h3-6,21-22H,7-8H2,1-2H3. The van der Waals surface area contributed by atoms with Crippen molar-refractivity contribution in [2.75, 3.05) is 6.61 Å². The van der Waals surface area contributed by atoms with Gasteiger partial charge in [0.25, 0.3) is 5.56 Å². The number of aryl methyl sites for hydroxylation is 1. The predicted molar refractivity (Wildman–Crippen MR) is 84.3 cm³/mol. The molecule has 0 saturated carbocycles. The number of hydrogen-bond acceptors (Lipinski definition) is 6. The third kappa shape index (κ3) is 3.27. The molecule has 0 fully saturated rings. The molecule has 7 nitrogen and oxygen atoms in total. The maximum atomic E-state index is 12.4. The summed E-state index contributed by atoms with van der Waals surface area (Å²) in [5.41, 5.74) is 1.18. The molecule has 0 amide bonds. The van der Waals surface area contributed by atoms with Crippen molar-refractivity contribution in [3.05, 3.63) is 51.3 Å². The van der Waals surface area contributed by atoms with Gasteiger partial charge < -0.3 is 10.2 Å². The van der Waals surface area contributed by atoms with Crippen LogP contribution < -0.4 is 5.56 Å². The molecule has 0 bridgehead atoms. The number of hydrogen-bond donors (Lipinski definition) is 2. The van der Waals surface area contributed by atoms with Crippen molar-refractivity contribution in [3.8, 4) is 11.9 Å². The topological polar surface area (TPSA) is 111 Å². The zero-order valence-electron chi connectivity index (χ0n) is 12.8. The van der Waals surface area contributed by atoms with E-state index in [4.69, 9.17) is 10.4 Å². The highest BCUT2D eigenvalue weighted by Crippen LogP contribution is 2.26. The van der Waals surface area contributed by atoms with Crippen LogP contribution in [0.5, 0.6) is 5.88 Å². The molecule has 2 N–H and O–H groups in total. The minimum atomic E-state index is -0.607. The summed E-state index contributed by atoms with van der Waals surface area (Å²) >= 11 is 0. The minimum absolute atomic E-state index is 0.0339. The molecular formula is C16H16N4O3. The van der Waals surface area contributed by atoms with E-state index in [1.807, 2.05) is 25.1 Å². The third-order valence-corrected chi connectivity index (χ3v) is 3.39. The van der Waals surface area contributed by atoms with E-state index in [-0.39, 0.29) is 30.0 Å². The molecule has 0 radical (unpaired) electrons. The number of benzene rings is 1. The lowest BCUT2D eigenvalue weighted by Crippen LogP contribution is -2.23. The molecular weight excluding hydrogens is 296 g/mol. The normalized spacial score (nSPS) is 10.9. The lowest BCUT2D eigenvalue weighted by atomic mass is 10.1. The number of aliphatic hydroxyl groups excluding tert-OH is 1. The average Bonchev–Trinajstić information content (AvgIpc) is 2.53. The zero-order valence-corrected chi connectivity index (χ0v) is 12.8. The third-order valence-electron chi connectivity index (χ3n) is 3.39. The highest BCUT2D eigenvalue weighted by molar-refractivity contribution is 5.56. The Bertz CT molecular complexity index is 846. The van der Waals surface area contributed by atoms with Crippen LogP contribution in [0.25, 0.3) is 0 Å². The van der Waals surface area contributed by atoms with Crippen molar-refractivity contribution in [1.29, 1.82) is 5.26 Å². The molecule has 0 spiro atoms. The van der Waals surface area contributed by atoms with E-state index in [9.17, 15) is 9.90 Å². The van der Waals surface area contributed by atoms with Crippen LogP contribution in [0.2, 0.25) is 0 Å². The van der Waals surface area contributed by atoms with Crippen LogP contribution in [0.4, 0.5) is 11.4 Å². The first kappa shape index (κ1) is 16.4. The van der Waals surface area contributed by atoms with E-state index in [1.54, 1.807) is 12.1 Å².